The normalized spacial score (nSPS) is 20.8. The first kappa shape index (κ1) is 15.4. The molecule has 0 radical (unpaired) electrons. The van der Waals surface area contributed by atoms with Gasteiger partial charge in [0.25, 0.3) is 5.91 Å². The minimum Gasteiger partial charge on any atom is -0.338 e. The van der Waals surface area contributed by atoms with Crippen molar-refractivity contribution in [2.24, 2.45) is 11.7 Å². The van der Waals surface area contributed by atoms with Gasteiger partial charge in [0.05, 0.1) is 0 Å². The van der Waals surface area contributed by atoms with Gasteiger partial charge in [0.15, 0.2) is 0 Å². The summed E-state index contributed by atoms with van der Waals surface area (Å²) in [5.74, 6) is 1.57. The van der Waals surface area contributed by atoms with Crippen LogP contribution in [0.3, 0.4) is 0 Å². The minimum atomic E-state index is 0.144. The second-order valence-corrected chi connectivity index (χ2v) is 6.51. The lowest BCUT2D eigenvalue weighted by atomic mass is 9.92. The molecule has 1 saturated heterocycles. The molecule has 0 unspecified atom stereocenters. The van der Waals surface area contributed by atoms with Gasteiger partial charge in [-0.2, -0.15) is 11.8 Å². The molecule has 2 rings (SSSR count). The van der Waals surface area contributed by atoms with Gasteiger partial charge < -0.3 is 10.6 Å². The lowest BCUT2D eigenvalue weighted by Crippen LogP contribution is -2.45. The molecule has 1 aliphatic rings. The Kier molecular flexibility index (Phi) is 5.49. The number of benzene rings is 1. The van der Waals surface area contributed by atoms with Crippen LogP contribution < -0.4 is 5.73 Å². The van der Waals surface area contributed by atoms with Crippen LogP contribution in [0.2, 0.25) is 0 Å². The Labute approximate surface area is 125 Å². The third-order valence-electron chi connectivity index (χ3n) is 4.00. The van der Waals surface area contributed by atoms with Crippen molar-refractivity contribution in [1.82, 2.24) is 4.90 Å². The van der Waals surface area contributed by atoms with Crippen LogP contribution in [0.4, 0.5) is 0 Å². The van der Waals surface area contributed by atoms with Crippen LogP contribution in [0.15, 0.2) is 24.3 Å². The SMILES string of the molecule is CSCc1ccc(C(=O)N2CCC[C@@H]([C@@H](C)N)C2)cc1. The van der Waals surface area contributed by atoms with Crippen LogP contribution in [0.5, 0.6) is 0 Å². The lowest BCUT2D eigenvalue weighted by molar-refractivity contribution is 0.0661. The smallest absolute Gasteiger partial charge is 0.253 e. The van der Waals surface area contributed by atoms with Gasteiger partial charge in [-0.1, -0.05) is 12.1 Å². The van der Waals surface area contributed by atoms with Crippen LogP contribution in [-0.2, 0) is 5.75 Å². The predicted molar refractivity (Wildman–Crippen MR) is 85.9 cm³/mol. The summed E-state index contributed by atoms with van der Waals surface area (Å²) in [6, 6.07) is 8.16. The van der Waals surface area contributed by atoms with Crippen molar-refractivity contribution in [1.29, 1.82) is 0 Å². The minimum absolute atomic E-state index is 0.144. The molecule has 1 fully saturated rings. The van der Waals surface area contributed by atoms with E-state index in [2.05, 4.69) is 18.4 Å². The quantitative estimate of drug-likeness (QED) is 0.928. The molecule has 1 aliphatic heterocycles. The van der Waals surface area contributed by atoms with Crippen LogP contribution in [0.25, 0.3) is 0 Å². The zero-order chi connectivity index (χ0) is 14.5. The zero-order valence-electron chi connectivity index (χ0n) is 12.3. The maximum atomic E-state index is 12.5. The number of piperidine rings is 1. The summed E-state index contributed by atoms with van der Waals surface area (Å²) in [5.41, 5.74) is 8.04. The summed E-state index contributed by atoms with van der Waals surface area (Å²) < 4.78 is 0. The van der Waals surface area contributed by atoms with Crippen LogP contribution >= 0.6 is 11.8 Å². The Morgan fingerprint density at radius 2 is 2.15 bits per heavy atom. The van der Waals surface area contributed by atoms with E-state index in [0.29, 0.717) is 5.92 Å². The van der Waals surface area contributed by atoms with Gasteiger partial charge in [0, 0.05) is 30.4 Å². The van der Waals surface area contributed by atoms with E-state index < -0.39 is 0 Å². The Bertz CT molecular complexity index is 444. The Morgan fingerprint density at radius 3 is 2.75 bits per heavy atom. The molecule has 1 heterocycles. The van der Waals surface area contributed by atoms with Crippen molar-refractivity contribution in [2.45, 2.75) is 31.6 Å². The molecule has 0 aromatic heterocycles. The second-order valence-electron chi connectivity index (χ2n) is 5.64. The molecule has 20 heavy (non-hydrogen) atoms. The molecule has 1 aromatic rings. The van der Waals surface area contributed by atoms with Crippen LogP contribution in [-0.4, -0.2) is 36.2 Å². The third kappa shape index (κ3) is 3.76. The molecule has 110 valence electrons. The molecule has 0 spiro atoms. The number of amides is 1. The highest BCUT2D eigenvalue weighted by atomic mass is 32.2. The van der Waals surface area contributed by atoms with E-state index in [-0.39, 0.29) is 11.9 Å². The van der Waals surface area contributed by atoms with Crippen molar-refractivity contribution in [3.63, 3.8) is 0 Å². The average molecular weight is 292 g/mol. The molecule has 1 amide bonds. The molecule has 1 aromatic carbocycles. The van der Waals surface area contributed by atoms with Crippen LogP contribution in [0.1, 0.15) is 35.7 Å². The fourth-order valence-corrected chi connectivity index (χ4v) is 3.24. The molecule has 2 N–H and O–H groups in total. The van der Waals surface area contributed by atoms with Gasteiger partial charge >= 0.3 is 0 Å². The molecule has 0 saturated carbocycles. The van der Waals surface area contributed by atoms with Crippen molar-refractivity contribution in [2.75, 3.05) is 19.3 Å². The Balaban J connectivity index is 2.02. The maximum absolute atomic E-state index is 12.5. The fourth-order valence-electron chi connectivity index (χ4n) is 2.72. The van der Waals surface area contributed by atoms with Gasteiger partial charge in [-0.05, 0) is 49.6 Å². The first-order valence-corrected chi connectivity index (χ1v) is 8.64. The standard InChI is InChI=1S/C16H24N2OS/c1-12(17)15-4-3-9-18(10-15)16(19)14-7-5-13(6-8-14)11-20-2/h5-8,12,15H,3-4,9-11,17H2,1-2H3/t12-,15-/m1/s1. The van der Waals surface area contributed by atoms with Crippen molar-refractivity contribution in [3.8, 4) is 0 Å². The highest BCUT2D eigenvalue weighted by molar-refractivity contribution is 7.97. The van der Waals surface area contributed by atoms with E-state index in [1.54, 1.807) is 11.8 Å². The lowest BCUT2D eigenvalue weighted by Gasteiger charge is -2.34. The molecule has 3 nitrogen and oxygen atoms in total. The van der Waals surface area contributed by atoms with E-state index in [9.17, 15) is 4.79 Å². The molecule has 4 heteroatoms. The van der Waals surface area contributed by atoms with Gasteiger partial charge in [0.2, 0.25) is 0 Å². The number of nitrogens with two attached hydrogens (primary N) is 1. The number of likely N-dealkylation sites (tertiary alicyclic amines) is 1. The first-order valence-electron chi connectivity index (χ1n) is 7.24. The largest absolute Gasteiger partial charge is 0.338 e. The van der Waals surface area contributed by atoms with Crippen molar-refractivity contribution >= 4 is 17.7 Å². The summed E-state index contributed by atoms with van der Waals surface area (Å²) in [6.45, 7) is 3.69. The fraction of sp³-hybridized carbons (Fsp3) is 0.562. The number of hydrogen-bond acceptors (Lipinski definition) is 3. The van der Waals surface area contributed by atoms with Gasteiger partial charge in [-0.25, -0.2) is 0 Å². The number of nitrogens with zero attached hydrogens (tertiary/aromatic N) is 1. The number of carbonyl (C=O) groups is 1. The van der Waals surface area contributed by atoms with Crippen molar-refractivity contribution in [3.05, 3.63) is 35.4 Å². The van der Waals surface area contributed by atoms with Crippen molar-refractivity contribution < 1.29 is 4.79 Å². The average Bonchev–Trinajstić information content (AvgIpc) is 2.48. The zero-order valence-corrected chi connectivity index (χ0v) is 13.2. The van der Waals surface area contributed by atoms with Crippen LogP contribution in [0, 0.1) is 5.92 Å². The van der Waals surface area contributed by atoms with E-state index >= 15 is 0 Å². The van der Waals surface area contributed by atoms with Gasteiger partial charge in [-0.3, -0.25) is 4.79 Å². The van der Waals surface area contributed by atoms with Gasteiger partial charge in [0.1, 0.15) is 0 Å². The maximum Gasteiger partial charge on any atom is 0.253 e. The number of thioether (sulfide) groups is 1. The highest BCUT2D eigenvalue weighted by Crippen LogP contribution is 2.21. The van der Waals surface area contributed by atoms with E-state index in [1.165, 1.54) is 5.56 Å². The molecular formula is C16H24N2OS. The number of hydrogen-bond donors (Lipinski definition) is 1. The summed E-state index contributed by atoms with van der Waals surface area (Å²) in [6.07, 6.45) is 4.28. The first-order chi connectivity index (χ1) is 9.61. The molecule has 0 bridgehead atoms. The number of rotatable bonds is 4. The monoisotopic (exact) mass is 292 g/mol. The third-order valence-corrected chi connectivity index (χ3v) is 4.62. The summed E-state index contributed by atoms with van der Waals surface area (Å²) >= 11 is 1.79. The summed E-state index contributed by atoms with van der Waals surface area (Å²) in [7, 11) is 0. The van der Waals surface area contributed by atoms with Gasteiger partial charge in [-0.15, -0.1) is 0 Å². The molecule has 2 atom stereocenters. The Hall–Kier alpha value is -1.00. The summed E-state index contributed by atoms with van der Waals surface area (Å²) in [5, 5.41) is 0. The van der Waals surface area contributed by atoms with E-state index in [1.807, 2.05) is 24.0 Å². The summed E-state index contributed by atoms with van der Waals surface area (Å²) in [4.78, 5) is 14.5. The predicted octanol–water partition coefficient (Wildman–Crippen LogP) is 2.75. The van der Waals surface area contributed by atoms with E-state index in [4.69, 9.17) is 5.73 Å². The Morgan fingerprint density at radius 1 is 1.45 bits per heavy atom. The topological polar surface area (TPSA) is 46.3 Å². The van der Waals surface area contributed by atoms with E-state index in [0.717, 1.165) is 37.2 Å². The molecule has 0 aliphatic carbocycles. The number of carbonyl (C=O) groups excluding carboxylic acids is 1. The second kappa shape index (κ2) is 7.14. The molecular weight excluding hydrogens is 268 g/mol. The highest BCUT2D eigenvalue weighted by Gasteiger charge is 2.26.